The van der Waals surface area contributed by atoms with Gasteiger partial charge in [0.15, 0.2) is 0 Å². The van der Waals surface area contributed by atoms with Crippen LogP contribution in [0.15, 0.2) is 30.6 Å². The minimum atomic E-state index is 0.372. The monoisotopic (exact) mass is 280 g/mol. The van der Waals surface area contributed by atoms with Crippen molar-refractivity contribution in [3.8, 4) is 11.3 Å². The zero-order chi connectivity index (χ0) is 14.4. The second-order valence-corrected chi connectivity index (χ2v) is 5.63. The highest BCUT2D eigenvalue weighted by Gasteiger charge is 2.30. The van der Waals surface area contributed by atoms with E-state index in [4.69, 9.17) is 5.73 Å². The first-order valence-electron chi connectivity index (χ1n) is 7.15. The molecule has 0 aliphatic heterocycles. The lowest BCUT2D eigenvalue weighted by molar-refractivity contribution is 0.396. The Morgan fingerprint density at radius 1 is 1.14 bits per heavy atom. The lowest BCUT2D eigenvalue weighted by Gasteiger charge is -2.07. The van der Waals surface area contributed by atoms with Crippen molar-refractivity contribution in [1.82, 2.24) is 25.0 Å². The maximum absolute atomic E-state index is 5.57. The van der Waals surface area contributed by atoms with Crippen LogP contribution in [-0.2, 0) is 0 Å². The van der Waals surface area contributed by atoms with Crippen LogP contribution in [0.3, 0.4) is 0 Å². The van der Waals surface area contributed by atoms with Gasteiger partial charge >= 0.3 is 0 Å². The molecular formula is C15H16N6. The van der Waals surface area contributed by atoms with Crippen molar-refractivity contribution in [3.63, 3.8) is 0 Å². The molecule has 0 amide bonds. The van der Waals surface area contributed by atoms with Gasteiger partial charge in [-0.1, -0.05) is 6.07 Å². The molecule has 0 radical (unpaired) electrons. The van der Waals surface area contributed by atoms with Crippen LogP contribution in [0, 0.1) is 5.92 Å². The largest absolute Gasteiger partial charge is 0.382 e. The van der Waals surface area contributed by atoms with Crippen molar-refractivity contribution < 1.29 is 0 Å². The molecule has 6 nitrogen and oxygen atoms in total. The number of nitrogens with two attached hydrogens (primary N) is 1. The molecule has 1 saturated carbocycles. The zero-order valence-electron chi connectivity index (χ0n) is 11.8. The SMILES string of the molecule is CC(C1CC1)n1nc2ccc(-c3cnc(N)cn3)cc2n1. The number of hydrogen-bond acceptors (Lipinski definition) is 5. The molecule has 2 N–H and O–H groups in total. The molecule has 1 unspecified atom stereocenters. The minimum Gasteiger partial charge on any atom is -0.382 e. The third-order valence-electron chi connectivity index (χ3n) is 4.03. The predicted molar refractivity (Wildman–Crippen MR) is 80.4 cm³/mol. The summed E-state index contributed by atoms with van der Waals surface area (Å²) in [6, 6.07) is 6.34. The number of fused-ring (bicyclic) bond motifs is 1. The number of hydrogen-bond donors (Lipinski definition) is 1. The van der Waals surface area contributed by atoms with Gasteiger partial charge in [0.25, 0.3) is 0 Å². The third kappa shape index (κ3) is 2.22. The Hall–Kier alpha value is -2.50. The molecule has 1 aliphatic carbocycles. The van der Waals surface area contributed by atoms with E-state index >= 15 is 0 Å². The molecule has 2 aromatic heterocycles. The first-order chi connectivity index (χ1) is 10.2. The van der Waals surface area contributed by atoms with Crippen LogP contribution < -0.4 is 5.73 Å². The molecule has 21 heavy (non-hydrogen) atoms. The van der Waals surface area contributed by atoms with E-state index in [2.05, 4.69) is 27.1 Å². The van der Waals surface area contributed by atoms with Crippen LogP contribution in [0.5, 0.6) is 0 Å². The Bertz CT molecular complexity index is 788. The van der Waals surface area contributed by atoms with Gasteiger partial charge in [-0.15, -0.1) is 0 Å². The summed E-state index contributed by atoms with van der Waals surface area (Å²) in [5, 5.41) is 9.18. The molecular weight excluding hydrogens is 264 g/mol. The summed E-state index contributed by atoms with van der Waals surface area (Å²) < 4.78 is 0. The van der Waals surface area contributed by atoms with Gasteiger partial charge in [-0.05, 0) is 37.8 Å². The van der Waals surface area contributed by atoms with Gasteiger partial charge in [0.1, 0.15) is 16.9 Å². The van der Waals surface area contributed by atoms with Crippen molar-refractivity contribution in [3.05, 3.63) is 30.6 Å². The number of nitrogens with zero attached hydrogens (tertiary/aromatic N) is 5. The van der Waals surface area contributed by atoms with Crippen molar-refractivity contribution in [2.75, 3.05) is 5.73 Å². The Morgan fingerprint density at radius 3 is 2.67 bits per heavy atom. The van der Waals surface area contributed by atoms with Crippen LogP contribution in [0.1, 0.15) is 25.8 Å². The summed E-state index contributed by atoms with van der Waals surface area (Å²) in [5.41, 5.74) is 9.13. The van der Waals surface area contributed by atoms with E-state index in [0.717, 1.165) is 28.2 Å². The van der Waals surface area contributed by atoms with Crippen molar-refractivity contribution >= 4 is 16.9 Å². The van der Waals surface area contributed by atoms with E-state index in [-0.39, 0.29) is 0 Å². The second-order valence-electron chi connectivity index (χ2n) is 5.63. The number of aromatic nitrogens is 5. The maximum atomic E-state index is 5.57. The van der Waals surface area contributed by atoms with E-state index in [9.17, 15) is 0 Å². The van der Waals surface area contributed by atoms with Gasteiger partial charge in [-0.3, -0.25) is 4.98 Å². The fourth-order valence-electron chi connectivity index (χ4n) is 2.53. The summed E-state index contributed by atoms with van der Waals surface area (Å²) in [4.78, 5) is 10.2. The highest BCUT2D eigenvalue weighted by molar-refractivity contribution is 5.79. The average Bonchev–Trinajstić information content (AvgIpc) is 3.25. The standard InChI is InChI=1S/C15H16N6/c1-9(10-2-3-10)21-19-12-5-4-11(6-13(12)20-21)14-7-18-15(16)8-17-14/h4-10H,2-3H2,1H3,(H2,16,18). The molecule has 1 fully saturated rings. The molecule has 0 bridgehead atoms. The molecule has 3 aromatic rings. The predicted octanol–water partition coefficient (Wildman–Crippen LogP) is 2.44. The first kappa shape index (κ1) is 12.3. The smallest absolute Gasteiger partial charge is 0.141 e. The molecule has 1 aliphatic rings. The fourth-order valence-corrected chi connectivity index (χ4v) is 2.53. The Kier molecular flexibility index (Phi) is 2.63. The van der Waals surface area contributed by atoms with Gasteiger partial charge in [0, 0.05) is 5.56 Å². The first-order valence-corrected chi connectivity index (χ1v) is 7.15. The van der Waals surface area contributed by atoms with E-state index < -0.39 is 0 Å². The summed E-state index contributed by atoms with van der Waals surface area (Å²) in [5.74, 6) is 1.15. The summed E-state index contributed by atoms with van der Waals surface area (Å²) >= 11 is 0. The van der Waals surface area contributed by atoms with Gasteiger partial charge in [-0.25, -0.2) is 4.98 Å². The van der Waals surface area contributed by atoms with Crippen LogP contribution in [-0.4, -0.2) is 25.0 Å². The zero-order valence-corrected chi connectivity index (χ0v) is 11.8. The van der Waals surface area contributed by atoms with E-state index in [1.54, 1.807) is 12.4 Å². The highest BCUT2D eigenvalue weighted by atomic mass is 15.5. The lowest BCUT2D eigenvalue weighted by Crippen LogP contribution is -2.10. The number of anilines is 1. The van der Waals surface area contributed by atoms with Gasteiger partial charge in [0.05, 0.1) is 24.1 Å². The summed E-state index contributed by atoms with van der Waals surface area (Å²) in [6.45, 7) is 2.18. The van der Waals surface area contributed by atoms with E-state index in [1.165, 1.54) is 12.8 Å². The Labute approximate surface area is 122 Å². The molecule has 0 spiro atoms. The molecule has 106 valence electrons. The van der Waals surface area contributed by atoms with Crippen molar-refractivity contribution in [2.24, 2.45) is 5.92 Å². The number of benzene rings is 1. The third-order valence-corrected chi connectivity index (χ3v) is 4.03. The molecule has 0 saturated heterocycles. The molecule has 2 heterocycles. The Morgan fingerprint density at radius 2 is 1.95 bits per heavy atom. The van der Waals surface area contributed by atoms with Crippen LogP contribution in [0.25, 0.3) is 22.3 Å². The molecule has 1 atom stereocenters. The number of nitrogen functional groups attached to an aromatic ring is 1. The number of rotatable bonds is 3. The van der Waals surface area contributed by atoms with Gasteiger partial charge < -0.3 is 5.73 Å². The van der Waals surface area contributed by atoms with Crippen LogP contribution >= 0.6 is 0 Å². The molecule has 4 rings (SSSR count). The minimum absolute atomic E-state index is 0.372. The lowest BCUT2D eigenvalue weighted by atomic mass is 10.1. The van der Waals surface area contributed by atoms with E-state index in [0.29, 0.717) is 11.9 Å². The maximum Gasteiger partial charge on any atom is 0.141 e. The van der Waals surface area contributed by atoms with Crippen LogP contribution in [0.4, 0.5) is 5.82 Å². The molecule has 1 aromatic carbocycles. The van der Waals surface area contributed by atoms with Crippen molar-refractivity contribution in [2.45, 2.75) is 25.8 Å². The Balaban J connectivity index is 1.73. The van der Waals surface area contributed by atoms with Gasteiger partial charge in [-0.2, -0.15) is 15.0 Å². The van der Waals surface area contributed by atoms with Crippen LogP contribution in [0.2, 0.25) is 0 Å². The normalized spacial score (nSPS) is 16.2. The topological polar surface area (TPSA) is 82.5 Å². The van der Waals surface area contributed by atoms with Crippen molar-refractivity contribution in [1.29, 1.82) is 0 Å². The quantitative estimate of drug-likeness (QED) is 0.796. The highest BCUT2D eigenvalue weighted by Crippen LogP contribution is 2.39. The van der Waals surface area contributed by atoms with Gasteiger partial charge in [0.2, 0.25) is 0 Å². The average molecular weight is 280 g/mol. The summed E-state index contributed by atoms with van der Waals surface area (Å²) in [6.07, 6.45) is 5.80. The summed E-state index contributed by atoms with van der Waals surface area (Å²) in [7, 11) is 0. The van der Waals surface area contributed by atoms with E-state index in [1.807, 2.05) is 23.0 Å². The fraction of sp³-hybridized carbons (Fsp3) is 0.333. The molecule has 6 heteroatoms. The second kappa shape index (κ2) is 4.51.